The fourth-order valence-electron chi connectivity index (χ4n) is 4.42. The van der Waals surface area contributed by atoms with E-state index in [9.17, 15) is 13.2 Å². The molecule has 36 heavy (non-hydrogen) atoms. The summed E-state index contributed by atoms with van der Waals surface area (Å²) in [5, 5.41) is 5.54. The molecule has 1 fully saturated rings. The van der Waals surface area contributed by atoms with Gasteiger partial charge in [-0.1, -0.05) is 53.9 Å². The number of rotatable bonds is 4. The summed E-state index contributed by atoms with van der Waals surface area (Å²) >= 11 is 13.0. The summed E-state index contributed by atoms with van der Waals surface area (Å²) in [4.78, 5) is 17.6. The van der Waals surface area contributed by atoms with Crippen molar-refractivity contribution in [1.82, 2.24) is 4.98 Å². The number of hydrogen-bond acceptors (Lipinski definition) is 4. The Kier molecular flexibility index (Phi) is 6.88. The van der Waals surface area contributed by atoms with Gasteiger partial charge >= 0.3 is 0 Å². The predicted molar refractivity (Wildman–Crippen MR) is 147 cm³/mol. The number of sulfonamides is 1. The minimum absolute atomic E-state index is 0.108. The molecule has 9 heteroatoms. The molecule has 0 saturated carbocycles. The molecule has 184 valence electrons. The highest BCUT2D eigenvalue weighted by Gasteiger charge is 2.25. The molecule has 0 atom stereocenters. The van der Waals surface area contributed by atoms with Gasteiger partial charge in [-0.2, -0.15) is 0 Å². The van der Waals surface area contributed by atoms with Gasteiger partial charge in [0.05, 0.1) is 32.7 Å². The zero-order valence-electron chi connectivity index (χ0n) is 19.2. The topological polar surface area (TPSA) is 79.4 Å². The predicted octanol–water partition coefficient (Wildman–Crippen LogP) is 6.78. The van der Waals surface area contributed by atoms with Crippen LogP contribution in [0.3, 0.4) is 0 Å². The van der Waals surface area contributed by atoms with Crippen LogP contribution in [0, 0.1) is 0 Å². The maximum atomic E-state index is 13.1. The number of pyridine rings is 1. The number of halogens is 2. The van der Waals surface area contributed by atoms with Crippen LogP contribution < -0.4 is 9.62 Å². The quantitative estimate of drug-likeness (QED) is 0.310. The van der Waals surface area contributed by atoms with Crippen molar-refractivity contribution < 1.29 is 13.2 Å². The minimum atomic E-state index is -3.41. The number of amides is 1. The molecule has 1 saturated heterocycles. The Bertz CT molecular complexity index is 1570. The second-order valence-corrected chi connectivity index (χ2v) is 11.5. The highest BCUT2D eigenvalue weighted by molar-refractivity contribution is 7.92. The van der Waals surface area contributed by atoms with Crippen LogP contribution in [-0.4, -0.2) is 31.6 Å². The SMILES string of the molecule is O=C(Nc1ccc(Cl)c(-c2nccc3ccccc23)c1)c1ccc(N2CCCCCS2(=O)=O)cc1Cl. The second-order valence-electron chi connectivity index (χ2n) is 8.64. The number of aromatic nitrogens is 1. The van der Waals surface area contributed by atoms with E-state index in [1.54, 1.807) is 36.5 Å². The van der Waals surface area contributed by atoms with Gasteiger partial charge in [-0.15, -0.1) is 0 Å². The maximum absolute atomic E-state index is 13.1. The van der Waals surface area contributed by atoms with Gasteiger partial charge in [-0.05, 0) is 60.7 Å². The molecule has 1 N–H and O–H groups in total. The zero-order valence-corrected chi connectivity index (χ0v) is 21.6. The summed E-state index contributed by atoms with van der Waals surface area (Å²) in [6, 6.07) is 19.7. The number of fused-ring (bicyclic) bond motifs is 1. The van der Waals surface area contributed by atoms with Crippen LogP contribution in [0.1, 0.15) is 29.6 Å². The molecule has 1 aromatic heterocycles. The lowest BCUT2D eigenvalue weighted by Crippen LogP contribution is -2.32. The molecule has 4 aromatic rings. The molecule has 0 unspecified atom stereocenters. The third-order valence-corrected chi connectivity index (χ3v) is 8.75. The fraction of sp³-hybridized carbons (Fsp3) is 0.185. The lowest BCUT2D eigenvalue weighted by Gasteiger charge is -2.22. The summed E-state index contributed by atoms with van der Waals surface area (Å²) in [5.41, 5.74) is 2.65. The first-order valence-electron chi connectivity index (χ1n) is 11.6. The largest absolute Gasteiger partial charge is 0.322 e. The van der Waals surface area contributed by atoms with E-state index in [4.69, 9.17) is 23.2 Å². The molecule has 0 radical (unpaired) electrons. The summed E-state index contributed by atoms with van der Waals surface area (Å²) in [7, 11) is -3.41. The normalized spacial score (nSPS) is 15.4. The average Bonchev–Trinajstić information content (AvgIpc) is 3.04. The minimum Gasteiger partial charge on any atom is -0.322 e. The Balaban J connectivity index is 1.42. The van der Waals surface area contributed by atoms with E-state index in [1.165, 1.54) is 10.4 Å². The third-order valence-electron chi connectivity index (χ3n) is 6.24. The van der Waals surface area contributed by atoms with Gasteiger partial charge in [-0.3, -0.25) is 14.1 Å². The number of anilines is 2. The summed E-state index contributed by atoms with van der Waals surface area (Å²) in [5.74, 6) is -0.304. The molecule has 5 rings (SSSR count). The highest BCUT2D eigenvalue weighted by atomic mass is 35.5. The van der Waals surface area contributed by atoms with Crippen LogP contribution in [0.25, 0.3) is 22.0 Å². The maximum Gasteiger partial charge on any atom is 0.257 e. The van der Waals surface area contributed by atoms with Crippen molar-refractivity contribution >= 4 is 61.3 Å². The van der Waals surface area contributed by atoms with Crippen molar-refractivity contribution in [2.75, 3.05) is 21.9 Å². The first kappa shape index (κ1) is 24.6. The Hall–Kier alpha value is -3.13. The van der Waals surface area contributed by atoms with Crippen molar-refractivity contribution in [3.05, 3.63) is 88.5 Å². The van der Waals surface area contributed by atoms with E-state index < -0.39 is 15.9 Å². The van der Waals surface area contributed by atoms with E-state index >= 15 is 0 Å². The average molecular weight is 540 g/mol. The Labute approximate surface area is 219 Å². The lowest BCUT2D eigenvalue weighted by molar-refractivity contribution is 0.102. The van der Waals surface area contributed by atoms with Gasteiger partial charge in [0, 0.05) is 29.4 Å². The standard InChI is InChI=1S/C27H23Cl2N3O3S/c28-24-11-8-19(16-23(24)26-21-7-3-2-6-18(21)12-13-30-26)31-27(33)22-10-9-20(17-25(22)29)32-14-4-1-5-15-36(32,34)35/h2-3,6-13,16-17H,1,4-5,14-15H2,(H,31,33). The van der Waals surface area contributed by atoms with Gasteiger partial charge in [-0.25, -0.2) is 8.42 Å². The molecule has 1 aliphatic rings. The van der Waals surface area contributed by atoms with Crippen molar-refractivity contribution in [2.45, 2.75) is 19.3 Å². The van der Waals surface area contributed by atoms with Crippen molar-refractivity contribution in [3.63, 3.8) is 0 Å². The molecular weight excluding hydrogens is 517 g/mol. The van der Waals surface area contributed by atoms with Crippen LogP contribution in [-0.2, 0) is 10.0 Å². The number of hydrogen-bond donors (Lipinski definition) is 1. The smallest absolute Gasteiger partial charge is 0.257 e. The second kappa shape index (κ2) is 10.1. The molecule has 3 aromatic carbocycles. The summed E-state index contributed by atoms with van der Waals surface area (Å²) < 4.78 is 26.6. The molecule has 0 aliphatic carbocycles. The molecular formula is C27H23Cl2N3O3S. The first-order chi connectivity index (χ1) is 17.3. The van der Waals surface area contributed by atoms with Crippen molar-refractivity contribution in [2.24, 2.45) is 0 Å². The van der Waals surface area contributed by atoms with Crippen LogP contribution >= 0.6 is 23.2 Å². The Morgan fingerprint density at radius 2 is 1.75 bits per heavy atom. The highest BCUT2D eigenvalue weighted by Crippen LogP contribution is 2.34. The fourth-order valence-corrected chi connectivity index (χ4v) is 6.52. The number of nitrogens with one attached hydrogen (secondary N) is 1. The number of benzene rings is 3. The third kappa shape index (κ3) is 4.91. The number of carbonyl (C=O) groups is 1. The molecule has 6 nitrogen and oxygen atoms in total. The van der Waals surface area contributed by atoms with Gasteiger partial charge in [0.15, 0.2) is 0 Å². The zero-order chi connectivity index (χ0) is 25.3. The molecule has 1 aliphatic heterocycles. The monoisotopic (exact) mass is 539 g/mol. The van der Waals surface area contributed by atoms with E-state index in [-0.39, 0.29) is 16.3 Å². The van der Waals surface area contributed by atoms with E-state index in [1.807, 2.05) is 30.3 Å². The van der Waals surface area contributed by atoms with Crippen molar-refractivity contribution in [3.8, 4) is 11.3 Å². The van der Waals surface area contributed by atoms with Gasteiger partial charge in [0.1, 0.15) is 0 Å². The van der Waals surface area contributed by atoms with Crippen LogP contribution in [0.15, 0.2) is 72.9 Å². The van der Waals surface area contributed by atoms with Gasteiger partial charge in [0.2, 0.25) is 10.0 Å². The summed E-state index contributed by atoms with van der Waals surface area (Å²) in [6.07, 6.45) is 4.01. The number of nitrogens with zero attached hydrogens (tertiary/aromatic N) is 2. The lowest BCUT2D eigenvalue weighted by atomic mass is 10.0. The number of carbonyl (C=O) groups excluding carboxylic acids is 1. The molecule has 0 spiro atoms. The molecule has 1 amide bonds. The molecule has 2 heterocycles. The van der Waals surface area contributed by atoms with E-state index in [0.29, 0.717) is 34.9 Å². The Morgan fingerprint density at radius 3 is 2.58 bits per heavy atom. The van der Waals surface area contributed by atoms with Crippen molar-refractivity contribution in [1.29, 1.82) is 0 Å². The van der Waals surface area contributed by atoms with Gasteiger partial charge < -0.3 is 5.32 Å². The summed E-state index contributed by atoms with van der Waals surface area (Å²) in [6.45, 7) is 0.403. The molecule has 0 bridgehead atoms. The Morgan fingerprint density at radius 1 is 0.917 bits per heavy atom. The van der Waals surface area contributed by atoms with Gasteiger partial charge in [0.25, 0.3) is 5.91 Å². The van der Waals surface area contributed by atoms with E-state index in [0.717, 1.165) is 29.3 Å². The van der Waals surface area contributed by atoms with Crippen LogP contribution in [0.4, 0.5) is 11.4 Å². The van der Waals surface area contributed by atoms with Crippen LogP contribution in [0.5, 0.6) is 0 Å². The first-order valence-corrected chi connectivity index (χ1v) is 13.9. The van der Waals surface area contributed by atoms with E-state index in [2.05, 4.69) is 10.3 Å². The van der Waals surface area contributed by atoms with Crippen LogP contribution in [0.2, 0.25) is 10.0 Å².